The summed E-state index contributed by atoms with van der Waals surface area (Å²) in [6, 6.07) is 12.4. The first-order valence-corrected chi connectivity index (χ1v) is 13.3. The van der Waals surface area contributed by atoms with Crippen LogP contribution >= 0.6 is 0 Å². The molecule has 4 N–H and O–H groups in total. The average Bonchev–Trinajstić information content (AvgIpc) is 3.57. The van der Waals surface area contributed by atoms with E-state index in [1.165, 1.54) is 5.56 Å². The normalized spacial score (nSPS) is 16.8. The number of hydrogen-bond donors (Lipinski definition) is 3. The number of nitrogens with zero attached hydrogens (tertiary/aromatic N) is 2. The standard InChI is InChI=1S/C30H29N5O3/c1-34-13-9-17-7-8-20-22(27(17)34)24-23(29(37)33-30(24)38)21-19-6-2-4-16(25(19)32-26(20)21)5-3-12-35-14-10-18(11-15-35)28(31)36/h2,4,6-9,13,18,32H,3,5,10-12,14-15H2,1H3,(H2,31,36)(H,33,37,38). The summed E-state index contributed by atoms with van der Waals surface area (Å²) in [4.78, 5) is 43.8. The predicted molar refractivity (Wildman–Crippen MR) is 148 cm³/mol. The van der Waals surface area contributed by atoms with Gasteiger partial charge in [-0.25, -0.2) is 0 Å². The minimum atomic E-state index is -0.339. The van der Waals surface area contributed by atoms with E-state index in [-0.39, 0.29) is 23.6 Å². The molecule has 0 saturated carbocycles. The molecule has 38 heavy (non-hydrogen) atoms. The maximum atomic E-state index is 13.1. The smallest absolute Gasteiger partial charge is 0.259 e. The molecule has 4 heterocycles. The number of nitrogens with two attached hydrogens (primary N) is 1. The molecular weight excluding hydrogens is 478 g/mol. The van der Waals surface area contributed by atoms with Gasteiger partial charge in [0, 0.05) is 51.6 Å². The van der Waals surface area contributed by atoms with Crippen molar-refractivity contribution in [3.63, 3.8) is 0 Å². The maximum Gasteiger partial charge on any atom is 0.259 e. The zero-order valence-corrected chi connectivity index (χ0v) is 21.3. The van der Waals surface area contributed by atoms with Crippen LogP contribution in [-0.2, 0) is 18.3 Å². The monoisotopic (exact) mass is 507 g/mol. The number of amides is 3. The fourth-order valence-corrected chi connectivity index (χ4v) is 6.66. The lowest BCUT2D eigenvalue weighted by molar-refractivity contribution is -0.123. The van der Waals surface area contributed by atoms with Gasteiger partial charge in [0.15, 0.2) is 0 Å². The molecule has 8 heteroatoms. The van der Waals surface area contributed by atoms with E-state index in [4.69, 9.17) is 5.73 Å². The summed E-state index contributed by atoms with van der Waals surface area (Å²) in [5.74, 6) is -0.855. The number of nitrogens with one attached hydrogen (secondary N) is 2. The van der Waals surface area contributed by atoms with Crippen molar-refractivity contribution in [1.29, 1.82) is 0 Å². The Balaban J connectivity index is 1.33. The van der Waals surface area contributed by atoms with E-state index in [1.54, 1.807) is 0 Å². The number of rotatable bonds is 5. The zero-order valence-electron chi connectivity index (χ0n) is 21.3. The van der Waals surface area contributed by atoms with Gasteiger partial charge in [0.25, 0.3) is 11.8 Å². The number of aromatic nitrogens is 2. The van der Waals surface area contributed by atoms with Crippen molar-refractivity contribution in [3.05, 3.63) is 59.3 Å². The first-order chi connectivity index (χ1) is 18.4. The first-order valence-electron chi connectivity index (χ1n) is 13.3. The van der Waals surface area contributed by atoms with Gasteiger partial charge in [-0.05, 0) is 56.9 Å². The number of carbonyl (C=O) groups is 3. The first kappa shape index (κ1) is 23.0. The number of likely N-dealkylation sites (tertiary alicyclic amines) is 1. The molecule has 0 bridgehead atoms. The van der Waals surface area contributed by atoms with Gasteiger partial charge >= 0.3 is 0 Å². The molecule has 2 aliphatic rings. The van der Waals surface area contributed by atoms with E-state index in [1.807, 2.05) is 36.0 Å². The molecule has 3 aromatic carbocycles. The van der Waals surface area contributed by atoms with Crippen LogP contribution in [0.2, 0.25) is 0 Å². The lowest BCUT2D eigenvalue weighted by atomic mass is 9.93. The van der Waals surface area contributed by atoms with Crippen molar-refractivity contribution < 1.29 is 14.4 Å². The molecule has 1 fully saturated rings. The number of para-hydroxylation sites is 1. The van der Waals surface area contributed by atoms with Crippen LogP contribution in [0.15, 0.2) is 42.6 Å². The second kappa shape index (κ2) is 8.43. The van der Waals surface area contributed by atoms with Crippen molar-refractivity contribution in [2.45, 2.75) is 25.7 Å². The summed E-state index contributed by atoms with van der Waals surface area (Å²) < 4.78 is 2.01. The van der Waals surface area contributed by atoms with Gasteiger partial charge in [-0.1, -0.05) is 30.3 Å². The number of aromatic amines is 1. The molecular formula is C30H29N5O3. The highest BCUT2D eigenvalue weighted by molar-refractivity contribution is 6.39. The molecule has 0 radical (unpaired) electrons. The molecule has 8 nitrogen and oxygen atoms in total. The Bertz CT molecular complexity index is 1820. The molecule has 192 valence electrons. The van der Waals surface area contributed by atoms with Crippen LogP contribution in [-0.4, -0.2) is 51.8 Å². The lowest BCUT2D eigenvalue weighted by Gasteiger charge is -2.30. The topological polar surface area (TPSA) is 113 Å². The molecule has 0 aliphatic carbocycles. The van der Waals surface area contributed by atoms with Crippen molar-refractivity contribution in [1.82, 2.24) is 19.8 Å². The highest BCUT2D eigenvalue weighted by Crippen LogP contribution is 2.42. The van der Waals surface area contributed by atoms with Crippen LogP contribution in [0.25, 0.3) is 43.5 Å². The van der Waals surface area contributed by atoms with Crippen molar-refractivity contribution in [2.75, 3.05) is 19.6 Å². The number of primary amides is 1. The molecule has 2 aliphatic heterocycles. The highest BCUT2D eigenvalue weighted by atomic mass is 16.2. The van der Waals surface area contributed by atoms with Gasteiger partial charge < -0.3 is 20.2 Å². The maximum absolute atomic E-state index is 13.1. The molecule has 7 rings (SSSR count). The predicted octanol–water partition coefficient (Wildman–Crippen LogP) is 3.98. The lowest BCUT2D eigenvalue weighted by Crippen LogP contribution is -2.39. The Hall–Kier alpha value is -4.17. The fourth-order valence-electron chi connectivity index (χ4n) is 6.66. The summed E-state index contributed by atoms with van der Waals surface area (Å²) in [7, 11) is 1.97. The minimum Gasteiger partial charge on any atom is -0.369 e. The van der Waals surface area contributed by atoms with Gasteiger partial charge in [0.05, 0.1) is 22.2 Å². The van der Waals surface area contributed by atoms with E-state index in [0.717, 1.165) is 88.8 Å². The molecule has 5 aromatic rings. The highest BCUT2D eigenvalue weighted by Gasteiger charge is 2.34. The van der Waals surface area contributed by atoms with Crippen LogP contribution in [0.5, 0.6) is 0 Å². The van der Waals surface area contributed by atoms with Gasteiger partial charge in [-0.3, -0.25) is 19.7 Å². The zero-order chi connectivity index (χ0) is 26.1. The molecule has 0 spiro atoms. The number of fused-ring (bicyclic) bond motifs is 10. The van der Waals surface area contributed by atoms with Crippen molar-refractivity contribution in [2.24, 2.45) is 18.7 Å². The van der Waals surface area contributed by atoms with E-state index in [2.05, 4.69) is 33.4 Å². The number of benzene rings is 3. The number of H-pyrrole nitrogens is 1. The second-order valence-corrected chi connectivity index (χ2v) is 10.7. The molecule has 1 saturated heterocycles. The Kier molecular flexibility index (Phi) is 5.10. The Morgan fingerprint density at radius 3 is 2.47 bits per heavy atom. The molecule has 0 atom stereocenters. The molecule has 0 unspecified atom stereocenters. The third-order valence-corrected chi connectivity index (χ3v) is 8.57. The van der Waals surface area contributed by atoms with Gasteiger partial charge in [0.2, 0.25) is 5.91 Å². The van der Waals surface area contributed by atoms with Crippen molar-refractivity contribution in [3.8, 4) is 0 Å². The van der Waals surface area contributed by atoms with Crippen LogP contribution in [0, 0.1) is 5.92 Å². The summed E-state index contributed by atoms with van der Waals surface area (Å²) in [6.07, 6.45) is 5.51. The Labute approximate surface area is 218 Å². The second-order valence-electron chi connectivity index (χ2n) is 10.7. The number of hydrogen-bond acceptors (Lipinski definition) is 4. The summed E-state index contributed by atoms with van der Waals surface area (Å²) in [5, 5.41) is 7.13. The van der Waals surface area contributed by atoms with Crippen LogP contribution in [0.4, 0.5) is 0 Å². The van der Waals surface area contributed by atoms with E-state index in [0.29, 0.717) is 11.1 Å². The summed E-state index contributed by atoms with van der Waals surface area (Å²) >= 11 is 0. The van der Waals surface area contributed by atoms with Crippen LogP contribution in [0.3, 0.4) is 0 Å². The third-order valence-electron chi connectivity index (χ3n) is 8.57. The summed E-state index contributed by atoms with van der Waals surface area (Å²) in [6.45, 7) is 2.76. The van der Waals surface area contributed by atoms with E-state index >= 15 is 0 Å². The average molecular weight is 508 g/mol. The number of imide groups is 1. The van der Waals surface area contributed by atoms with E-state index in [9.17, 15) is 14.4 Å². The Morgan fingerprint density at radius 1 is 0.974 bits per heavy atom. The van der Waals surface area contributed by atoms with Gasteiger partial charge in [-0.15, -0.1) is 0 Å². The van der Waals surface area contributed by atoms with Crippen LogP contribution in [0.1, 0.15) is 45.5 Å². The quantitative estimate of drug-likeness (QED) is 0.312. The minimum absolute atomic E-state index is 0.00350. The van der Waals surface area contributed by atoms with Gasteiger partial charge in [-0.2, -0.15) is 0 Å². The van der Waals surface area contributed by atoms with Crippen LogP contribution < -0.4 is 11.1 Å². The number of carbonyl (C=O) groups excluding carboxylic acids is 3. The SMILES string of the molecule is Cn1ccc2ccc3c4[nH]c5c(CCCN6CCC(C(N)=O)CC6)cccc5c4c4c(c3c21)C(=O)NC4=O. The largest absolute Gasteiger partial charge is 0.369 e. The number of piperidine rings is 1. The van der Waals surface area contributed by atoms with Crippen molar-refractivity contribution >= 4 is 61.2 Å². The Morgan fingerprint density at radius 2 is 1.71 bits per heavy atom. The number of aryl methyl sites for hydroxylation is 2. The molecule has 2 aromatic heterocycles. The molecule has 3 amide bonds. The fraction of sp³-hybridized carbons (Fsp3) is 0.300. The summed E-state index contributed by atoms with van der Waals surface area (Å²) in [5.41, 5.74) is 10.5. The third kappa shape index (κ3) is 3.29. The van der Waals surface area contributed by atoms with Gasteiger partial charge in [0.1, 0.15) is 0 Å². The van der Waals surface area contributed by atoms with E-state index < -0.39 is 0 Å².